The molecule has 17 heavy (non-hydrogen) atoms. The van der Waals surface area contributed by atoms with Crippen molar-refractivity contribution < 1.29 is 19.5 Å². The molecule has 0 aliphatic rings. The standard InChI is InChI=1S/C10H19N3O4/c1-4-6(9(15)16)12-10(17)13-7(5(2)3)8(11)14/h5-7H,4H2,1-3H3,(H2,11,14)(H,15,16)(H2,12,13,17)/t6-,7?/m1/s1. The summed E-state index contributed by atoms with van der Waals surface area (Å²) in [7, 11) is 0. The van der Waals surface area contributed by atoms with Crippen LogP contribution in [0.15, 0.2) is 0 Å². The highest BCUT2D eigenvalue weighted by Crippen LogP contribution is 2.00. The highest BCUT2D eigenvalue weighted by atomic mass is 16.4. The molecule has 0 rings (SSSR count). The van der Waals surface area contributed by atoms with Gasteiger partial charge in [-0.05, 0) is 12.3 Å². The average Bonchev–Trinajstić information content (AvgIpc) is 2.21. The van der Waals surface area contributed by atoms with Crippen LogP contribution in [0.25, 0.3) is 0 Å². The Morgan fingerprint density at radius 1 is 1.24 bits per heavy atom. The lowest BCUT2D eigenvalue weighted by atomic mass is 10.0. The lowest BCUT2D eigenvalue weighted by molar-refractivity contribution is -0.139. The summed E-state index contributed by atoms with van der Waals surface area (Å²) in [4.78, 5) is 33.2. The van der Waals surface area contributed by atoms with E-state index in [0.29, 0.717) is 0 Å². The third kappa shape index (κ3) is 5.19. The quantitative estimate of drug-likeness (QED) is 0.511. The molecule has 0 bridgehead atoms. The first-order chi connectivity index (χ1) is 7.79. The van der Waals surface area contributed by atoms with Crippen LogP contribution in [-0.2, 0) is 9.59 Å². The van der Waals surface area contributed by atoms with Crippen molar-refractivity contribution in [2.24, 2.45) is 11.7 Å². The third-order valence-electron chi connectivity index (χ3n) is 2.27. The molecule has 98 valence electrons. The summed E-state index contributed by atoms with van der Waals surface area (Å²) in [5.74, 6) is -1.94. The minimum absolute atomic E-state index is 0.164. The van der Waals surface area contributed by atoms with Crippen LogP contribution in [-0.4, -0.2) is 35.1 Å². The zero-order valence-electron chi connectivity index (χ0n) is 10.2. The molecule has 0 radical (unpaired) electrons. The maximum atomic E-state index is 11.4. The molecular formula is C10H19N3O4. The van der Waals surface area contributed by atoms with E-state index in [1.165, 1.54) is 0 Å². The van der Waals surface area contributed by atoms with Crippen LogP contribution in [0.1, 0.15) is 27.2 Å². The van der Waals surface area contributed by atoms with Gasteiger partial charge >= 0.3 is 12.0 Å². The van der Waals surface area contributed by atoms with Gasteiger partial charge in [-0.25, -0.2) is 9.59 Å². The van der Waals surface area contributed by atoms with Crippen LogP contribution in [0.5, 0.6) is 0 Å². The zero-order valence-corrected chi connectivity index (χ0v) is 10.2. The normalized spacial score (nSPS) is 13.9. The molecule has 0 fully saturated rings. The second-order valence-corrected chi connectivity index (χ2v) is 4.04. The van der Waals surface area contributed by atoms with Gasteiger partial charge in [0.2, 0.25) is 5.91 Å². The molecule has 7 heteroatoms. The van der Waals surface area contributed by atoms with Crippen LogP contribution in [0.4, 0.5) is 4.79 Å². The van der Waals surface area contributed by atoms with Crippen LogP contribution in [0, 0.1) is 5.92 Å². The number of aliphatic carboxylic acids is 1. The van der Waals surface area contributed by atoms with E-state index in [1.807, 2.05) is 0 Å². The molecular weight excluding hydrogens is 226 g/mol. The van der Waals surface area contributed by atoms with Crippen molar-refractivity contribution in [2.75, 3.05) is 0 Å². The largest absolute Gasteiger partial charge is 0.480 e. The number of urea groups is 1. The Morgan fingerprint density at radius 2 is 1.76 bits per heavy atom. The SMILES string of the molecule is CC[C@@H](NC(=O)NC(C(N)=O)C(C)C)C(=O)O. The molecule has 0 aromatic heterocycles. The maximum Gasteiger partial charge on any atom is 0.326 e. The van der Waals surface area contributed by atoms with Crippen molar-refractivity contribution in [1.82, 2.24) is 10.6 Å². The maximum absolute atomic E-state index is 11.4. The molecule has 0 aliphatic heterocycles. The van der Waals surface area contributed by atoms with E-state index in [2.05, 4.69) is 10.6 Å². The van der Waals surface area contributed by atoms with Gasteiger partial charge in [0, 0.05) is 0 Å². The third-order valence-corrected chi connectivity index (χ3v) is 2.27. The number of carbonyl (C=O) groups excluding carboxylic acids is 2. The van der Waals surface area contributed by atoms with Gasteiger partial charge in [-0.3, -0.25) is 4.79 Å². The Labute approximate surface area is 99.7 Å². The van der Waals surface area contributed by atoms with Gasteiger partial charge in [-0.1, -0.05) is 20.8 Å². The van der Waals surface area contributed by atoms with Gasteiger partial charge in [0.05, 0.1) is 0 Å². The number of carbonyl (C=O) groups is 3. The van der Waals surface area contributed by atoms with E-state index < -0.39 is 30.0 Å². The van der Waals surface area contributed by atoms with Crippen LogP contribution in [0.3, 0.4) is 0 Å². The van der Waals surface area contributed by atoms with Crippen molar-refractivity contribution in [1.29, 1.82) is 0 Å². The van der Waals surface area contributed by atoms with Crippen LogP contribution < -0.4 is 16.4 Å². The van der Waals surface area contributed by atoms with E-state index >= 15 is 0 Å². The second kappa shape index (κ2) is 6.72. The first-order valence-electron chi connectivity index (χ1n) is 5.38. The predicted molar refractivity (Wildman–Crippen MR) is 61.2 cm³/mol. The van der Waals surface area contributed by atoms with Gasteiger partial charge in [-0.2, -0.15) is 0 Å². The van der Waals surface area contributed by atoms with Gasteiger partial charge in [0.15, 0.2) is 0 Å². The molecule has 1 unspecified atom stereocenters. The highest BCUT2D eigenvalue weighted by molar-refractivity contribution is 5.88. The fourth-order valence-corrected chi connectivity index (χ4v) is 1.25. The van der Waals surface area contributed by atoms with Crippen LogP contribution >= 0.6 is 0 Å². The number of carboxylic acid groups (broad SMARTS) is 1. The smallest absolute Gasteiger partial charge is 0.326 e. The Bertz CT molecular complexity index is 304. The fourth-order valence-electron chi connectivity index (χ4n) is 1.25. The second-order valence-electron chi connectivity index (χ2n) is 4.04. The first-order valence-corrected chi connectivity index (χ1v) is 5.38. The van der Waals surface area contributed by atoms with E-state index in [0.717, 1.165) is 0 Å². The van der Waals surface area contributed by atoms with Crippen LogP contribution in [0.2, 0.25) is 0 Å². The lowest BCUT2D eigenvalue weighted by Crippen LogP contribution is -2.54. The summed E-state index contributed by atoms with van der Waals surface area (Å²) in [6.45, 7) is 5.08. The molecule has 5 N–H and O–H groups in total. The van der Waals surface area contributed by atoms with Gasteiger partial charge < -0.3 is 21.5 Å². The number of nitrogens with one attached hydrogen (secondary N) is 2. The summed E-state index contributed by atoms with van der Waals surface area (Å²) in [5.41, 5.74) is 5.11. The van der Waals surface area contributed by atoms with Crippen molar-refractivity contribution >= 4 is 17.9 Å². The molecule has 2 atom stereocenters. The Balaban J connectivity index is 4.42. The number of carboxylic acids is 1. The van der Waals surface area contributed by atoms with Crippen molar-refractivity contribution in [3.8, 4) is 0 Å². The fraction of sp³-hybridized carbons (Fsp3) is 0.700. The molecule has 0 heterocycles. The molecule has 0 saturated heterocycles. The molecule has 0 aromatic carbocycles. The first kappa shape index (κ1) is 15.2. The van der Waals surface area contributed by atoms with Gasteiger partial charge in [0.1, 0.15) is 12.1 Å². The lowest BCUT2D eigenvalue weighted by Gasteiger charge is -2.20. The van der Waals surface area contributed by atoms with E-state index in [1.54, 1.807) is 20.8 Å². The number of amides is 3. The molecule has 0 aromatic rings. The summed E-state index contributed by atoms with van der Waals surface area (Å²) in [5, 5.41) is 13.3. The number of rotatable bonds is 6. The Morgan fingerprint density at radius 3 is 2.06 bits per heavy atom. The van der Waals surface area contributed by atoms with Gasteiger partial charge in [0.25, 0.3) is 0 Å². The predicted octanol–water partition coefficient (Wildman–Crippen LogP) is -0.341. The van der Waals surface area contributed by atoms with Crippen molar-refractivity contribution in [3.05, 3.63) is 0 Å². The molecule has 7 nitrogen and oxygen atoms in total. The van der Waals surface area contributed by atoms with E-state index in [-0.39, 0.29) is 12.3 Å². The average molecular weight is 245 g/mol. The molecule has 0 aliphatic carbocycles. The monoisotopic (exact) mass is 245 g/mol. The molecule has 0 saturated carbocycles. The summed E-state index contributed by atoms with van der Waals surface area (Å²) in [6, 6.07) is -2.51. The van der Waals surface area contributed by atoms with E-state index in [9.17, 15) is 14.4 Å². The summed E-state index contributed by atoms with van der Waals surface area (Å²) < 4.78 is 0. The summed E-state index contributed by atoms with van der Waals surface area (Å²) in [6.07, 6.45) is 0.256. The Hall–Kier alpha value is -1.79. The number of hydrogen-bond acceptors (Lipinski definition) is 3. The summed E-state index contributed by atoms with van der Waals surface area (Å²) >= 11 is 0. The molecule has 3 amide bonds. The minimum Gasteiger partial charge on any atom is -0.480 e. The zero-order chi connectivity index (χ0) is 13.6. The topological polar surface area (TPSA) is 122 Å². The minimum atomic E-state index is -1.12. The van der Waals surface area contributed by atoms with E-state index in [4.69, 9.17) is 10.8 Å². The van der Waals surface area contributed by atoms with Crippen molar-refractivity contribution in [3.63, 3.8) is 0 Å². The number of primary amides is 1. The van der Waals surface area contributed by atoms with Gasteiger partial charge in [-0.15, -0.1) is 0 Å². The highest BCUT2D eigenvalue weighted by Gasteiger charge is 2.24. The van der Waals surface area contributed by atoms with Crippen molar-refractivity contribution in [2.45, 2.75) is 39.3 Å². The molecule has 0 spiro atoms. The number of hydrogen-bond donors (Lipinski definition) is 4. The number of nitrogens with two attached hydrogens (primary N) is 1. The Kier molecular flexibility index (Phi) is 6.01.